The van der Waals surface area contributed by atoms with E-state index in [0.29, 0.717) is 0 Å². The predicted octanol–water partition coefficient (Wildman–Crippen LogP) is 1.35. The molecule has 1 aromatic carbocycles. The Balaban J connectivity index is 1.82. The lowest BCUT2D eigenvalue weighted by atomic mass is 10.1. The molecule has 0 aromatic heterocycles. The third-order valence-electron chi connectivity index (χ3n) is 3.53. The molecule has 1 aromatic rings. The summed E-state index contributed by atoms with van der Waals surface area (Å²) in [6.45, 7) is 4.69. The summed E-state index contributed by atoms with van der Waals surface area (Å²) in [6, 6.07) is 8.72. The summed E-state index contributed by atoms with van der Waals surface area (Å²) < 4.78 is 5.00. The van der Waals surface area contributed by atoms with Crippen LogP contribution in [0, 0.1) is 0 Å². The molecule has 0 unspecified atom stereocenters. The van der Waals surface area contributed by atoms with Crippen molar-refractivity contribution in [3.63, 3.8) is 0 Å². The largest absolute Gasteiger partial charge is 0.539 e. The van der Waals surface area contributed by atoms with Gasteiger partial charge in [0, 0.05) is 12.6 Å². The Morgan fingerprint density at radius 1 is 1.41 bits per heavy atom. The van der Waals surface area contributed by atoms with E-state index >= 15 is 0 Å². The number of nitrogens with zero attached hydrogens (tertiary/aromatic N) is 1. The lowest BCUT2D eigenvalue weighted by molar-refractivity contribution is 0.272. The third-order valence-corrected chi connectivity index (χ3v) is 3.53. The molecule has 4 heteroatoms. The zero-order valence-electron chi connectivity index (χ0n) is 10.4. The summed E-state index contributed by atoms with van der Waals surface area (Å²) in [5.41, 5.74) is 1.33. The van der Waals surface area contributed by atoms with E-state index in [1.807, 2.05) is 12.1 Å². The summed E-state index contributed by atoms with van der Waals surface area (Å²) in [4.78, 5) is 2.55. The van der Waals surface area contributed by atoms with Gasteiger partial charge in [-0.1, -0.05) is 12.1 Å². The van der Waals surface area contributed by atoms with Gasteiger partial charge in [-0.25, -0.2) is 0 Å². The summed E-state index contributed by atoms with van der Waals surface area (Å²) >= 11 is 0. The van der Waals surface area contributed by atoms with Crippen molar-refractivity contribution in [3.05, 3.63) is 29.8 Å². The van der Waals surface area contributed by atoms with E-state index in [-0.39, 0.29) is 7.69 Å². The Bertz CT molecular complexity index is 342. The highest BCUT2D eigenvalue weighted by molar-refractivity contribution is 6.17. The molecule has 1 aliphatic rings. The second-order valence-corrected chi connectivity index (χ2v) is 4.69. The first-order valence-corrected chi connectivity index (χ1v) is 6.36. The molecule has 1 N–H and O–H groups in total. The maximum atomic E-state index is 8.64. The molecule has 1 saturated heterocycles. The predicted molar refractivity (Wildman–Crippen MR) is 70.4 cm³/mol. The maximum Gasteiger partial charge on any atom is 0.504 e. The molecule has 0 radical (unpaired) electrons. The summed E-state index contributed by atoms with van der Waals surface area (Å²) in [5, 5.41) is 8.64. The van der Waals surface area contributed by atoms with Crippen molar-refractivity contribution in [2.24, 2.45) is 0 Å². The van der Waals surface area contributed by atoms with Crippen molar-refractivity contribution in [3.8, 4) is 5.75 Å². The highest BCUT2D eigenvalue weighted by atomic mass is 16.5. The van der Waals surface area contributed by atoms with Crippen LogP contribution in [-0.4, -0.2) is 36.7 Å². The van der Waals surface area contributed by atoms with Crippen LogP contribution < -0.4 is 4.65 Å². The van der Waals surface area contributed by atoms with E-state index in [4.69, 9.17) is 9.68 Å². The average Bonchev–Trinajstić information content (AvgIpc) is 2.75. The third kappa shape index (κ3) is 3.48. The van der Waals surface area contributed by atoms with E-state index in [0.717, 1.165) is 24.8 Å². The minimum absolute atomic E-state index is 0.259. The van der Waals surface area contributed by atoms with Crippen molar-refractivity contribution in [2.75, 3.05) is 13.1 Å². The van der Waals surface area contributed by atoms with Crippen molar-refractivity contribution in [2.45, 2.75) is 32.2 Å². The van der Waals surface area contributed by atoms with Crippen molar-refractivity contribution < 1.29 is 9.68 Å². The average molecular weight is 233 g/mol. The van der Waals surface area contributed by atoms with Crippen molar-refractivity contribution in [1.29, 1.82) is 0 Å². The van der Waals surface area contributed by atoms with Crippen molar-refractivity contribution in [1.82, 2.24) is 4.90 Å². The highest BCUT2D eigenvalue weighted by Crippen LogP contribution is 2.17. The summed E-state index contributed by atoms with van der Waals surface area (Å²) in [5.74, 6) is 0.728. The first kappa shape index (κ1) is 12.5. The lowest BCUT2D eigenvalue weighted by Gasteiger charge is -2.20. The second-order valence-electron chi connectivity index (χ2n) is 4.69. The molecule has 3 nitrogen and oxygen atoms in total. The Morgan fingerprint density at radius 2 is 2.18 bits per heavy atom. The van der Waals surface area contributed by atoms with Crippen LogP contribution in [0.25, 0.3) is 0 Å². The Labute approximate surface area is 104 Å². The van der Waals surface area contributed by atoms with Crippen LogP contribution in [0.15, 0.2) is 24.3 Å². The number of benzene rings is 1. The van der Waals surface area contributed by atoms with Gasteiger partial charge in [-0.2, -0.15) is 0 Å². The molecule has 1 atom stereocenters. The van der Waals surface area contributed by atoms with Crippen LogP contribution in [0.4, 0.5) is 0 Å². The molecule has 0 aliphatic carbocycles. The van der Waals surface area contributed by atoms with E-state index in [2.05, 4.69) is 24.0 Å². The minimum atomic E-state index is -0.259. The molecular formula is C13H20BNO2. The first-order chi connectivity index (χ1) is 8.29. The molecule has 92 valence electrons. The summed E-state index contributed by atoms with van der Waals surface area (Å²) in [6.07, 6.45) is 3.76. The normalized spacial score (nSPS) is 20.5. The fourth-order valence-corrected chi connectivity index (χ4v) is 2.42. The molecule has 2 rings (SSSR count). The van der Waals surface area contributed by atoms with E-state index in [1.165, 1.54) is 24.9 Å². The van der Waals surface area contributed by atoms with Gasteiger partial charge in [0.1, 0.15) is 5.75 Å². The first-order valence-electron chi connectivity index (χ1n) is 6.36. The monoisotopic (exact) mass is 233 g/mol. The topological polar surface area (TPSA) is 32.7 Å². The fourth-order valence-electron chi connectivity index (χ4n) is 2.42. The van der Waals surface area contributed by atoms with E-state index < -0.39 is 0 Å². The lowest BCUT2D eigenvalue weighted by Crippen LogP contribution is -2.28. The fraction of sp³-hybridized carbons (Fsp3) is 0.538. The molecule has 17 heavy (non-hydrogen) atoms. The second kappa shape index (κ2) is 6.08. The Hall–Kier alpha value is -0.995. The quantitative estimate of drug-likeness (QED) is 0.779. The van der Waals surface area contributed by atoms with Gasteiger partial charge in [0.15, 0.2) is 0 Å². The van der Waals surface area contributed by atoms with Gasteiger partial charge in [0.25, 0.3) is 0 Å². The smallest absolute Gasteiger partial charge is 0.504 e. The molecule has 1 heterocycles. The van der Waals surface area contributed by atoms with Crippen LogP contribution in [0.3, 0.4) is 0 Å². The van der Waals surface area contributed by atoms with E-state index in [9.17, 15) is 0 Å². The SMILES string of the molecule is C[C@@H]1CCCN1CCc1ccc(OBO)cc1. The van der Waals surface area contributed by atoms with Gasteiger partial charge in [0.05, 0.1) is 0 Å². The van der Waals surface area contributed by atoms with Crippen LogP contribution in [0.1, 0.15) is 25.3 Å². The minimum Gasteiger partial charge on any atom is -0.539 e. The zero-order valence-corrected chi connectivity index (χ0v) is 10.4. The van der Waals surface area contributed by atoms with Gasteiger partial charge in [-0.15, -0.1) is 0 Å². The van der Waals surface area contributed by atoms with Gasteiger partial charge in [-0.3, -0.25) is 0 Å². The van der Waals surface area contributed by atoms with Crippen molar-refractivity contribution >= 4 is 7.69 Å². The summed E-state index contributed by atoms with van der Waals surface area (Å²) in [7, 11) is -0.259. The number of hydrogen-bond acceptors (Lipinski definition) is 3. The Morgan fingerprint density at radius 3 is 2.76 bits per heavy atom. The highest BCUT2D eigenvalue weighted by Gasteiger charge is 2.19. The molecule has 0 bridgehead atoms. The standard InChI is InChI=1S/C13H20BNO2/c1-11-3-2-9-15(11)10-8-12-4-6-13(7-5-12)17-14-16/h4-7,11,14,16H,2-3,8-10H2,1H3/t11-/m1/s1. The molecular weight excluding hydrogens is 213 g/mol. The number of rotatable bonds is 5. The van der Waals surface area contributed by atoms with Crippen LogP contribution in [0.2, 0.25) is 0 Å². The van der Waals surface area contributed by atoms with E-state index in [1.54, 1.807) is 0 Å². The van der Waals surface area contributed by atoms with Crippen LogP contribution in [0.5, 0.6) is 5.75 Å². The van der Waals surface area contributed by atoms with Gasteiger partial charge < -0.3 is 14.6 Å². The van der Waals surface area contributed by atoms with Crippen LogP contribution >= 0.6 is 0 Å². The molecule has 0 amide bonds. The maximum absolute atomic E-state index is 8.64. The van der Waals surface area contributed by atoms with Gasteiger partial charge in [0.2, 0.25) is 0 Å². The van der Waals surface area contributed by atoms with Gasteiger partial charge >= 0.3 is 7.69 Å². The van der Waals surface area contributed by atoms with Crippen LogP contribution in [-0.2, 0) is 6.42 Å². The molecule has 0 saturated carbocycles. The Kier molecular flexibility index (Phi) is 4.46. The molecule has 1 aliphatic heterocycles. The zero-order chi connectivity index (χ0) is 12.1. The number of hydrogen-bond donors (Lipinski definition) is 1. The molecule has 0 spiro atoms. The van der Waals surface area contributed by atoms with Gasteiger partial charge in [-0.05, 0) is 50.4 Å². The molecule has 1 fully saturated rings. The number of likely N-dealkylation sites (tertiary alicyclic amines) is 1.